The second kappa shape index (κ2) is 4.34. The molecule has 1 radical (unpaired) electrons. The van der Waals surface area contributed by atoms with Crippen LogP contribution in [0.2, 0.25) is 0 Å². The van der Waals surface area contributed by atoms with Gasteiger partial charge in [0.05, 0.1) is 18.1 Å². The molecule has 0 saturated carbocycles. The molecular formula is C12H22NO3. The third-order valence-electron chi connectivity index (χ3n) is 3.54. The molecule has 1 fully saturated rings. The van der Waals surface area contributed by atoms with Crippen LogP contribution in [-0.4, -0.2) is 28.7 Å². The number of piperidine rings is 1. The van der Waals surface area contributed by atoms with Crippen LogP contribution in [0.3, 0.4) is 0 Å². The summed E-state index contributed by atoms with van der Waals surface area (Å²) < 4.78 is 5.03. The monoisotopic (exact) mass is 228 g/mol. The van der Waals surface area contributed by atoms with Crippen molar-refractivity contribution in [1.82, 2.24) is 5.06 Å². The number of carbonyl (C=O) groups excluding carboxylic acids is 1. The largest absolute Gasteiger partial charge is 0.466 e. The summed E-state index contributed by atoms with van der Waals surface area (Å²) >= 11 is 0. The number of ether oxygens (including phenoxy) is 1. The van der Waals surface area contributed by atoms with Crippen molar-refractivity contribution in [3.63, 3.8) is 0 Å². The molecule has 4 nitrogen and oxygen atoms in total. The Morgan fingerprint density at radius 1 is 1.38 bits per heavy atom. The fourth-order valence-corrected chi connectivity index (χ4v) is 2.52. The van der Waals surface area contributed by atoms with Gasteiger partial charge in [0, 0.05) is 5.54 Å². The summed E-state index contributed by atoms with van der Waals surface area (Å²) in [6, 6.07) is 0. The molecule has 4 heteroatoms. The molecule has 0 aliphatic carbocycles. The SMILES string of the molecule is CCOC(=O)C1CCC(C)(C)N([O])C1(C)C. The van der Waals surface area contributed by atoms with Gasteiger partial charge in [-0.1, -0.05) is 0 Å². The Labute approximate surface area is 97.5 Å². The number of nitrogens with zero attached hydrogens (tertiary/aromatic N) is 1. The first-order valence-corrected chi connectivity index (χ1v) is 5.87. The van der Waals surface area contributed by atoms with Gasteiger partial charge in [-0.05, 0) is 47.5 Å². The fraction of sp³-hybridized carbons (Fsp3) is 0.917. The van der Waals surface area contributed by atoms with Crippen LogP contribution in [0, 0.1) is 5.92 Å². The van der Waals surface area contributed by atoms with Crippen LogP contribution in [0.15, 0.2) is 0 Å². The summed E-state index contributed by atoms with van der Waals surface area (Å²) in [6.07, 6.45) is 1.45. The highest BCUT2D eigenvalue weighted by atomic mass is 16.5. The Kier molecular flexibility index (Phi) is 3.65. The molecule has 0 spiro atoms. The predicted octanol–water partition coefficient (Wildman–Crippen LogP) is 2.16. The van der Waals surface area contributed by atoms with Crippen molar-refractivity contribution in [3.05, 3.63) is 0 Å². The quantitative estimate of drug-likeness (QED) is 0.680. The van der Waals surface area contributed by atoms with Crippen LogP contribution >= 0.6 is 0 Å². The molecule has 1 atom stereocenters. The van der Waals surface area contributed by atoms with E-state index in [1.54, 1.807) is 6.92 Å². The lowest BCUT2D eigenvalue weighted by Gasteiger charge is -2.50. The number of hydroxylamine groups is 2. The smallest absolute Gasteiger partial charge is 0.310 e. The summed E-state index contributed by atoms with van der Waals surface area (Å²) in [5.41, 5.74) is -1.08. The first kappa shape index (κ1) is 13.5. The number of hydrogen-bond acceptors (Lipinski definition) is 3. The highest BCUT2D eigenvalue weighted by Gasteiger charge is 2.51. The summed E-state index contributed by atoms with van der Waals surface area (Å²) in [7, 11) is 0. The number of esters is 1. The number of rotatable bonds is 2. The average Bonchev–Trinajstić information content (AvgIpc) is 2.15. The Balaban J connectivity index is 2.87. The van der Waals surface area contributed by atoms with Crippen molar-refractivity contribution in [2.45, 2.75) is 58.5 Å². The first-order chi connectivity index (χ1) is 7.23. The second-order valence-electron chi connectivity index (χ2n) is 5.60. The van der Waals surface area contributed by atoms with E-state index in [0.29, 0.717) is 6.61 Å². The highest BCUT2D eigenvalue weighted by molar-refractivity contribution is 5.74. The van der Waals surface area contributed by atoms with Gasteiger partial charge >= 0.3 is 5.97 Å². The lowest BCUT2D eigenvalue weighted by molar-refractivity contribution is -0.299. The molecular weight excluding hydrogens is 206 g/mol. The topological polar surface area (TPSA) is 49.4 Å². The van der Waals surface area contributed by atoms with Crippen molar-refractivity contribution < 1.29 is 14.7 Å². The number of carbonyl (C=O) groups is 1. The lowest BCUT2D eigenvalue weighted by atomic mass is 9.74. The molecule has 1 aliphatic rings. The molecule has 0 aromatic rings. The molecule has 0 N–H and O–H groups in total. The van der Waals surface area contributed by atoms with E-state index in [-0.39, 0.29) is 11.9 Å². The average molecular weight is 228 g/mol. The lowest BCUT2D eigenvalue weighted by Crippen LogP contribution is -2.61. The highest BCUT2D eigenvalue weighted by Crippen LogP contribution is 2.41. The van der Waals surface area contributed by atoms with Crippen molar-refractivity contribution in [2.24, 2.45) is 5.92 Å². The van der Waals surface area contributed by atoms with Gasteiger partial charge in [0.1, 0.15) is 0 Å². The van der Waals surface area contributed by atoms with E-state index in [2.05, 4.69) is 0 Å². The fourth-order valence-electron chi connectivity index (χ4n) is 2.52. The Bertz CT molecular complexity index is 273. The molecule has 0 aromatic carbocycles. The second-order valence-corrected chi connectivity index (χ2v) is 5.60. The summed E-state index contributed by atoms with van der Waals surface area (Å²) in [4.78, 5) is 11.8. The molecule has 0 amide bonds. The summed E-state index contributed by atoms with van der Waals surface area (Å²) in [6.45, 7) is 9.64. The molecule has 16 heavy (non-hydrogen) atoms. The molecule has 1 rings (SSSR count). The van der Waals surface area contributed by atoms with E-state index < -0.39 is 11.1 Å². The van der Waals surface area contributed by atoms with E-state index in [9.17, 15) is 10.0 Å². The maximum absolute atomic E-state index is 12.2. The van der Waals surface area contributed by atoms with Gasteiger partial charge in [-0.15, -0.1) is 10.3 Å². The van der Waals surface area contributed by atoms with Crippen molar-refractivity contribution >= 4 is 5.97 Å². The van der Waals surface area contributed by atoms with Crippen LogP contribution in [0.5, 0.6) is 0 Å². The van der Waals surface area contributed by atoms with Gasteiger partial charge in [0.25, 0.3) is 0 Å². The molecule has 1 unspecified atom stereocenters. The molecule has 93 valence electrons. The van der Waals surface area contributed by atoms with Crippen LogP contribution in [0.25, 0.3) is 0 Å². The van der Waals surface area contributed by atoms with Gasteiger partial charge < -0.3 is 4.74 Å². The maximum atomic E-state index is 12.2. The zero-order valence-electron chi connectivity index (χ0n) is 10.9. The molecule has 0 bridgehead atoms. The van der Waals surface area contributed by atoms with E-state index in [1.165, 1.54) is 0 Å². The first-order valence-electron chi connectivity index (χ1n) is 5.87. The van der Waals surface area contributed by atoms with Crippen LogP contribution in [0.4, 0.5) is 0 Å². The third kappa shape index (κ3) is 2.23. The Morgan fingerprint density at radius 3 is 2.44 bits per heavy atom. The number of hydrogen-bond donors (Lipinski definition) is 0. The Morgan fingerprint density at radius 2 is 1.94 bits per heavy atom. The van der Waals surface area contributed by atoms with Crippen molar-refractivity contribution in [3.8, 4) is 0 Å². The summed E-state index contributed by atoms with van der Waals surface area (Å²) in [5.74, 6) is -0.568. The van der Waals surface area contributed by atoms with E-state index in [1.807, 2.05) is 27.7 Å². The summed E-state index contributed by atoms with van der Waals surface area (Å²) in [5, 5.41) is 13.3. The maximum Gasteiger partial charge on any atom is 0.310 e. The van der Waals surface area contributed by atoms with Gasteiger partial charge in [-0.2, -0.15) is 0 Å². The minimum Gasteiger partial charge on any atom is -0.466 e. The van der Waals surface area contributed by atoms with Crippen molar-refractivity contribution in [2.75, 3.05) is 6.61 Å². The van der Waals surface area contributed by atoms with Gasteiger partial charge in [0.15, 0.2) is 0 Å². The van der Waals surface area contributed by atoms with Gasteiger partial charge in [0.2, 0.25) is 0 Å². The van der Waals surface area contributed by atoms with Crippen molar-refractivity contribution in [1.29, 1.82) is 0 Å². The normalized spacial score (nSPS) is 28.8. The Hall–Kier alpha value is -0.610. The van der Waals surface area contributed by atoms with E-state index in [0.717, 1.165) is 17.9 Å². The van der Waals surface area contributed by atoms with Crippen LogP contribution < -0.4 is 0 Å². The van der Waals surface area contributed by atoms with Gasteiger partial charge in [-0.25, -0.2) is 0 Å². The molecule has 1 aliphatic heterocycles. The van der Waals surface area contributed by atoms with Crippen LogP contribution in [-0.2, 0) is 14.7 Å². The predicted molar refractivity (Wildman–Crippen MR) is 60.0 cm³/mol. The zero-order chi connectivity index (χ0) is 12.6. The van der Waals surface area contributed by atoms with E-state index in [4.69, 9.17) is 4.74 Å². The molecule has 1 saturated heterocycles. The van der Waals surface area contributed by atoms with Gasteiger partial charge in [-0.3, -0.25) is 4.79 Å². The standard InChI is InChI=1S/C12H22NO3/c1-6-16-10(14)9-7-8-11(2,3)13(15)12(9,4)5/h9H,6-8H2,1-5H3. The van der Waals surface area contributed by atoms with E-state index >= 15 is 0 Å². The van der Waals surface area contributed by atoms with Crippen LogP contribution in [0.1, 0.15) is 47.5 Å². The molecule has 1 heterocycles. The third-order valence-corrected chi connectivity index (χ3v) is 3.54. The molecule has 0 aromatic heterocycles. The zero-order valence-corrected chi connectivity index (χ0v) is 10.9. The minimum absolute atomic E-state index is 0.246. The minimum atomic E-state index is -0.687.